The normalized spacial score (nSPS) is 10.8. The monoisotopic (exact) mass is 371 g/mol. The molecule has 1 heterocycles. The summed E-state index contributed by atoms with van der Waals surface area (Å²) in [5, 5.41) is 0.849. The Labute approximate surface area is 164 Å². The molecule has 0 atom stereocenters. The van der Waals surface area contributed by atoms with Gasteiger partial charge in [0.2, 0.25) is 0 Å². The number of hydrogen-bond acceptors (Lipinski definition) is 3. The maximum absolute atomic E-state index is 13.3. The molecule has 1 amide bonds. The first-order valence-electron chi connectivity index (χ1n) is 9.18. The van der Waals surface area contributed by atoms with Crippen LogP contribution in [0, 0.1) is 0 Å². The van der Waals surface area contributed by atoms with E-state index in [1.165, 1.54) is 0 Å². The molecule has 0 spiro atoms. The third-order valence-corrected chi connectivity index (χ3v) is 4.66. The van der Waals surface area contributed by atoms with Crippen LogP contribution in [0.3, 0.4) is 0 Å². The smallest absolute Gasteiger partial charge is 0.290 e. The maximum atomic E-state index is 13.3. The summed E-state index contributed by atoms with van der Waals surface area (Å²) in [5.41, 5.74) is 2.73. The van der Waals surface area contributed by atoms with Gasteiger partial charge in [-0.15, -0.1) is 0 Å². The molecule has 28 heavy (non-hydrogen) atoms. The van der Waals surface area contributed by atoms with Gasteiger partial charge in [-0.25, -0.2) is 0 Å². The van der Waals surface area contributed by atoms with E-state index in [9.17, 15) is 4.79 Å². The quantitative estimate of drug-likeness (QED) is 0.463. The fourth-order valence-electron chi connectivity index (χ4n) is 3.27. The summed E-state index contributed by atoms with van der Waals surface area (Å²) in [7, 11) is 1.59. The van der Waals surface area contributed by atoms with E-state index in [1.54, 1.807) is 18.1 Å². The molecule has 0 unspecified atom stereocenters. The SMILES string of the molecule is COc1cccc2cc(C(=O)N(Cc3ccccc3)Cc3ccccc3)oc12. The molecule has 0 aliphatic rings. The van der Waals surface area contributed by atoms with Crippen molar-refractivity contribution in [2.24, 2.45) is 0 Å². The molecule has 4 rings (SSSR count). The van der Waals surface area contributed by atoms with Gasteiger partial charge < -0.3 is 14.1 Å². The predicted octanol–water partition coefficient (Wildman–Crippen LogP) is 5.28. The van der Waals surface area contributed by atoms with E-state index in [4.69, 9.17) is 9.15 Å². The van der Waals surface area contributed by atoms with E-state index >= 15 is 0 Å². The van der Waals surface area contributed by atoms with Gasteiger partial charge in [-0.3, -0.25) is 4.79 Å². The number of nitrogens with zero attached hydrogens (tertiary/aromatic N) is 1. The van der Waals surface area contributed by atoms with Crippen LogP contribution in [0.25, 0.3) is 11.0 Å². The number of furan rings is 1. The molecule has 4 nitrogen and oxygen atoms in total. The zero-order valence-electron chi connectivity index (χ0n) is 15.7. The Balaban J connectivity index is 1.67. The molecule has 0 saturated carbocycles. The number of rotatable bonds is 6. The van der Waals surface area contributed by atoms with Gasteiger partial charge in [-0.05, 0) is 23.3 Å². The zero-order chi connectivity index (χ0) is 19.3. The Morgan fingerprint density at radius 2 is 1.46 bits per heavy atom. The predicted molar refractivity (Wildman–Crippen MR) is 109 cm³/mol. The molecule has 4 heteroatoms. The van der Waals surface area contributed by atoms with Gasteiger partial charge >= 0.3 is 0 Å². The molecule has 0 bridgehead atoms. The number of hydrogen-bond donors (Lipinski definition) is 0. The fourth-order valence-corrected chi connectivity index (χ4v) is 3.27. The Kier molecular flexibility index (Phi) is 5.11. The summed E-state index contributed by atoms with van der Waals surface area (Å²) in [5.74, 6) is 0.784. The van der Waals surface area contributed by atoms with Crippen LogP contribution in [0.5, 0.6) is 5.75 Å². The molecular formula is C24H21NO3. The highest BCUT2D eigenvalue weighted by Crippen LogP contribution is 2.29. The number of carbonyl (C=O) groups excluding carboxylic acids is 1. The maximum Gasteiger partial charge on any atom is 0.290 e. The van der Waals surface area contributed by atoms with Gasteiger partial charge in [0.25, 0.3) is 5.91 Å². The fraction of sp³-hybridized carbons (Fsp3) is 0.125. The second-order valence-electron chi connectivity index (χ2n) is 6.62. The summed E-state index contributed by atoms with van der Waals surface area (Å²) in [4.78, 5) is 15.1. The number of fused-ring (bicyclic) bond motifs is 1. The van der Waals surface area contributed by atoms with E-state index in [2.05, 4.69) is 0 Å². The van der Waals surface area contributed by atoms with Crippen LogP contribution < -0.4 is 4.74 Å². The summed E-state index contributed by atoms with van der Waals surface area (Å²) >= 11 is 0. The first-order chi connectivity index (χ1) is 13.7. The van der Waals surface area contributed by atoms with E-state index in [0.29, 0.717) is 30.2 Å². The van der Waals surface area contributed by atoms with Gasteiger partial charge in [-0.2, -0.15) is 0 Å². The Hall–Kier alpha value is -3.53. The largest absolute Gasteiger partial charge is 0.493 e. The van der Waals surface area contributed by atoms with Gasteiger partial charge in [0.15, 0.2) is 17.1 Å². The van der Waals surface area contributed by atoms with Crippen molar-refractivity contribution in [1.82, 2.24) is 4.90 Å². The molecule has 3 aromatic carbocycles. The lowest BCUT2D eigenvalue weighted by Gasteiger charge is -2.22. The molecule has 0 N–H and O–H groups in total. The Morgan fingerprint density at radius 1 is 0.857 bits per heavy atom. The molecule has 140 valence electrons. The first kappa shape index (κ1) is 17.9. The van der Waals surface area contributed by atoms with Crippen molar-refractivity contribution in [2.75, 3.05) is 7.11 Å². The topological polar surface area (TPSA) is 42.7 Å². The van der Waals surface area contributed by atoms with Crippen LogP contribution in [-0.4, -0.2) is 17.9 Å². The van der Waals surface area contributed by atoms with Crippen molar-refractivity contribution < 1.29 is 13.9 Å². The number of carbonyl (C=O) groups is 1. The highest BCUT2D eigenvalue weighted by atomic mass is 16.5. The van der Waals surface area contributed by atoms with Crippen LogP contribution in [0.1, 0.15) is 21.7 Å². The average Bonchev–Trinajstić information content (AvgIpc) is 3.18. The minimum Gasteiger partial charge on any atom is -0.493 e. The second-order valence-corrected chi connectivity index (χ2v) is 6.62. The summed E-state index contributed by atoms with van der Waals surface area (Å²) < 4.78 is 11.2. The number of methoxy groups -OCH3 is 1. The standard InChI is InChI=1S/C24H21NO3/c1-27-21-14-8-13-20-15-22(28-23(20)21)24(26)25(16-18-9-4-2-5-10-18)17-19-11-6-3-7-12-19/h2-15H,16-17H2,1H3. The minimum atomic E-state index is -0.147. The molecule has 4 aromatic rings. The number of amides is 1. The lowest BCUT2D eigenvalue weighted by atomic mass is 10.1. The van der Waals surface area contributed by atoms with E-state index < -0.39 is 0 Å². The Morgan fingerprint density at radius 3 is 2.04 bits per heavy atom. The van der Waals surface area contributed by atoms with Crippen LogP contribution in [0.2, 0.25) is 0 Å². The number of ether oxygens (including phenoxy) is 1. The minimum absolute atomic E-state index is 0.147. The Bertz CT molecular complexity index is 1030. The second kappa shape index (κ2) is 8.01. The van der Waals surface area contributed by atoms with Crippen molar-refractivity contribution in [3.05, 3.63) is 102 Å². The third kappa shape index (κ3) is 3.76. The number of benzene rings is 3. The van der Waals surface area contributed by atoms with Crippen LogP contribution >= 0.6 is 0 Å². The van der Waals surface area contributed by atoms with E-state index in [1.807, 2.05) is 78.9 Å². The molecule has 0 fully saturated rings. The molecule has 0 aliphatic heterocycles. The summed E-state index contributed by atoms with van der Waals surface area (Å²) in [6.07, 6.45) is 0. The molecule has 1 aromatic heterocycles. The van der Waals surface area contributed by atoms with Gasteiger partial charge in [0.05, 0.1) is 7.11 Å². The molecule has 0 aliphatic carbocycles. The van der Waals surface area contributed by atoms with Crippen LogP contribution in [0.4, 0.5) is 0 Å². The molecule has 0 radical (unpaired) electrons. The number of para-hydroxylation sites is 1. The summed E-state index contributed by atoms with van der Waals surface area (Å²) in [6, 6.07) is 27.3. The lowest BCUT2D eigenvalue weighted by Crippen LogP contribution is -2.29. The van der Waals surface area contributed by atoms with Crippen molar-refractivity contribution in [3.63, 3.8) is 0 Å². The molecular weight excluding hydrogens is 350 g/mol. The van der Waals surface area contributed by atoms with Crippen molar-refractivity contribution in [2.45, 2.75) is 13.1 Å². The first-order valence-corrected chi connectivity index (χ1v) is 9.18. The van der Waals surface area contributed by atoms with Crippen molar-refractivity contribution in [3.8, 4) is 5.75 Å². The summed E-state index contributed by atoms with van der Waals surface area (Å²) in [6.45, 7) is 1.01. The highest BCUT2D eigenvalue weighted by molar-refractivity contribution is 5.97. The van der Waals surface area contributed by atoms with Gasteiger partial charge in [0.1, 0.15) is 0 Å². The van der Waals surface area contributed by atoms with E-state index in [-0.39, 0.29) is 5.91 Å². The highest BCUT2D eigenvalue weighted by Gasteiger charge is 2.21. The van der Waals surface area contributed by atoms with Crippen LogP contribution in [-0.2, 0) is 13.1 Å². The lowest BCUT2D eigenvalue weighted by molar-refractivity contribution is 0.0700. The van der Waals surface area contributed by atoms with Gasteiger partial charge in [0, 0.05) is 18.5 Å². The average molecular weight is 371 g/mol. The van der Waals surface area contributed by atoms with Gasteiger partial charge in [-0.1, -0.05) is 72.8 Å². The van der Waals surface area contributed by atoms with Crippen LogP contribution in [0.15, 0.2) is 89.3 Å². The van der Waals surface area contributed by atoms with Crippen molar-refractivity contribution in [1.29, 1.82) is 0 Å². The zero-order valence-corrected chi connectivity index (χ0v) is 15.7. The van der Waals surface area contributed by atoms with Crippen molar-refractivity contribution >= 4 is 16.9 Å². The third-order valence-electron chi connectivity index (χ3n) is 4.66. The van der Waals surface area contributed by atoms with E-state index in [0.717, 1.165) is 16.5 Å². The molecule has 0 saturated heterocycles.